The first-order chi connectivity index (χ1) is 10.1. The Bertz CT molecular complexity index is 714. The van der Waals surface area contributed by atoms with Crippen LogP contribution in [0.5, 0.6) is 0 Å². The van der Waals surface area contributed by atoms with Gasteiger partial charge in [0.15, 0.2) is 5.78 Å². The number of hydrogen-bond donors (Lipinski definition) is 1. The Balaban J connectivity index is 1.76. The highest BCUT2D eigenvalue weighted by Crippen LogP contribution is 2.28. The molecule has 3 heterocycles. The van der Waals surface area contributed by atoms with Gasteiger partial charge >= 0.3 is 0 Å². The number of hydrogen-bond acceptors (Lipinski definition) is 5. The van der Waals surface area contributed by atoms with Gasteiger partial charge in [-0.3, -0.25) is 9.89 Å². The number of aromatic nitrogens is 2. The predicted octanol–water partition coefficient (Wildman–Crippen LogP) is 3.57. The number of rotatable bonds is 5. The SMILES string of the molecule is CC1=CC(C)(Cc2[nH]ncc2CC(=O)c2cccs2)N=N1. The van der Waals surface area contributed by atoms with Gasteiger partial charge in [-0.05, 0) is 31.4 Å². The van der Waals surface area contributed by atoms with Crippen molar-refractivity contribution in [2.45, 2.75) is 32.2 Å². The normalized spacial score (nSPS) is 20.8. The second kappa shape index (κ2) is 5.37. The molecule has 6 heteroatoms. The van der Waals surface area contributed by atoms with Crippen molar-refractivity contribution < 1.29 is 4.79 Å². The van der Waals surface area contributed by atoms with E-state index in [-0.39, 0.29) is 11.3 Å². The van der Waals surface area contributed by atoms with Crippen LogP contribution in [-0.2, 0) is 12.8 Å². The maximum Gasteiger partial charge on any atom is 0.177 e. The second-order valence-electron chi connectivity index (χ2n) is 5.47. The number of thiophene rings is 1. The van der Waals surface area contributed by atoms with Crippen molar-refractivity contribution in [3.63, 3.8) is 0 Å². The van der Waals surface area contributed by atoms with Crippen LogP contribution in [0.25, 0.3) is 0 Å². The van der Waals surface area contributed by atoms with Crippen molar-refractivity contribution in [3.05, 3.63) is 51.6 Å². The van der Waals surface area contributed by atoms with Gasteiger partial charge in [0.25, 0.3) is 0 Å². The average Bonchev–Trinajstić information content (AvgIpc) is 3.13. The number of nitrogens with zero attached hydrogens (tertiary/aromatic N) is 3. The Hall–Kier alpha value is -2.08. The molecule has 0 fully saturated rings. The van der Waals surface area contributed by atoms with Crippen LogP contribution in [0.4, 0.5) is 0 Å². The number of Topliss-reactive ketones (excluding diaryl/α,β-unsaturated/α-hetero) is 1. The summed E-state index contributed by atoms with van der Waals surface area (Å²) in [6.07, 6.45) is 4.80. The monoisotopic (exact) mass is 300 g/mol. The van der Waals surface area contributed by atoms with Crippen molar-refractivity contribution in [2.24, 2.45) is 10.2 Å². The van der Waals surface area contributed by atoms with E-state index >= 15 is 0 Å². The summed E-state index contributed by atoms with van der Waals surface area (Å²) in [5.74, 6) is 0.123. The molecule has 0 spiro atoms. The quantitative estimate of drug-likeness (QED) is 0.857. The Morgan fingerprint density at radius 3 is 3.00 bits per heavy atom. The van der Waals surface area contributed by atoms with E-state index < -0.39 is 0 Å². The van der Waals surface area contributed by atoms with Crippen LogP contribution in [0.1, 0.15) is 34.8 Å². The number of aromatic amines is 1. The Kier molecular flexibility index (Phi) is 3.55. The molecule has 2 aromatic heterocycles. The van der Waals surface area contributed by atoms with Gasteiger partial charge in [-0.25, -0.2) is 0 Å². The summed E-state index contributed by atoms with van der Waals surface area (Å²) in [5, 5.41) is 17.4. The number of allylic oxidation sites excluding steroid dienone is 1. The number of H-pyrrole nitrogens is 1. The van der Waals surface area contributed by atoms with Gasteiger partial charge in [-0.2, -0.15) is 15.3 Å². The summed E-state index contributed by atoms with van der Waals surface area (Å²) in [7, 11) is 0. The summed E-state index contributed by atoms with van der Waals surface area (Å²) < 4.78 is 0. The van der Waals surface area contributed by atoms with Crippen molar-refractivity contribution in [2.75, 3.05) is 0 Å². The number of ketones is 1. The lowest BCUT2D eigenvalue weighted by atomic mass is 9.94. The highest BCUT2D eigenvalue weighted by molar-refractivity contribution is 7.12. The van der Waals surface area contributed by atoms with Crippen molar-refractivity contribution >= 4 is 17.1 Å². The molecule has 0 saturated heterocycles. The molecule has 0 bridgehead atoms. The first-order valence-electron chi connectivity index (χ1n) is 6.76. The summed E-state index contributed by atoms with van der Waals surface area (Å²) in [6, 6.07) is 3.74. The molecule has 1 N–H and O–H groups in total. The molecule has 2 aromatic rings. The molecule has 3 rings (SSSR count). The lowest BCUT2D eigenvalue weighted by Gasteiger charge is -2.15. The largest absolute Gasteiger partial charge is 0.293 e. The maximum atomic E-state index is 12.2. The number of azo groups is 1. The minimum Gasteiger partial charge on any atom is -0.293 e. The molecule has 5 nitrogen and oxygen atoms in total. The van der Waals surface area contributed by atoms with Gasteiger partial charge in [0.2, 0.25) is 0 Å². The highest BCUT2D eigenvalue weighted by atomic mass is 32.1. The van der Waals surface area contributed by atoms with Gasteiger partial charge < -0.3 is 0 Å². The molecule has 0 aliphatic carbocycles. The maximum absolute atomic E-state index is 12.2. The minimum atomic E-state index is -0.350. The molecular weight excluding hydrogens is 284 g/mol. The third-order valence-electron chi connectivity index (χ3n) is 3.45. The van der Waals surface area contributed by atoms with Gasteiger partial charge in [-0.1, -0.05) is 6.07 Å². The number of carbonyl (C=O) groups is 1. The van der Waals surface area contributed by atoms with E-state index in [0.717, 1.165) is 21.8 Å². The Morgan fingerprint density at radius 2 is 2.33 bits per heavy atom. The second-order valence-corrected chi connectivity index (χ2v) is 6.42. The van der Waals surface area contributed by atoms with Crippen molar-refractivity contribution in [1.82, 2.24) is 10.2 Å². The lowest BCUT2D eigenvalue weighted by molar-refractivity contribution is 0.0996. The first-order valence-corrected chi connectivity index (χ1v) is 7.64. The van der Waals surface area contributed by atoms with Crippen LogP contribution < -0.4 is 0 Å². The fraction of sp³-hybridized carbons (Fsp3) is 0.333. The van der Waals surface area contributed by atoms with Crippen molar-refractivity contribution in [1.29, 1.82) is 0 Å². The summed E-state index contributed by atoms with van der Waals surface area (Å²) in [6.45, 7) is 3.96. The van der Waals surface area contributed by atoms with Gasteiger partial charge in [0, 0.05) is 24.1 Å². The van der Waals surface area contributed by atoms with E-state index in [1.165, 1.54) is 11.3 Å². The summed E-state index contributed by atoms with van der Waals surface area (Å²) >= 11 is 1.47. The van der Waals surface area contributed by atoms with E-state index in [0.29, 0.717) is 12.8 Å². The molecule has 0 aromatic carbocycles. The number of nitrogens with one attached hydrogen (secondary N) is 1. The third kappa shape index (κ3) is 3.00. The van der Waals surface area contributed by atoms with Crippen LogP contribution >= 0.6 is 11.3 Å². The number of carbonyl (C=O) groups excluding carboxylic acids is 1. The molecule has 21 heavy (non-hydrogen) atoms. The molecule has 108 valence electrons. The zero-order valence-electron chi connectivity index (χ0n) is 12.0. The van der Waals surface area contributed by atoms with Crippen LogP contribution in [0.2, 0.25) is 0 Å². The Morgan fingerprint density at radius 1 is 1.48 bits per heavy atom. The van der Waals surface area contributed by atoms with E-state index in [2.05, 4.69) is 20.4 Å². The van der Waals surface area contributed by atoms with Gasteiger partial charge in [0.1, 0.15) is 5.54 Å². The van der Waals surface area contributed by atoms with E-state index in [1.54, 1.807) is 6.20 Å². The minimum absolute atomic E-state index is 0.123. The average molecular weight is 300 g/mol. The summed E-state index contributed by atoms with van der Waals surface area (Å²) in [5.41, 5.74) is 2.46. The summed E-state index contributed by atoms with van der Waals surface area (Å²) in [4.78, 5) is 13.0. The molecule has 1 aliphatic rings. The van der Waals surface area contributed by atoms with Crippen LogP contribution in [0, 0.1) is 0 Å². The molecule has 1 unspecified atom stereocenters. The highest BCUT2D eigenvalue weighted by Gasteiger charge is 2.28. The van der Waals surface area contributed by atoms with E-state index in [1.807, 2.05) is 37.4 Å². The van der Waals surface area contributed by atoms with Crippen LogP contribution in [0.3, 0.4) is 0 Å². The van der Waals surface area contributed by atoms with Crippen LogP contribution in [-0.4, -0.2) is 21.5 Å². The van der Waals surface area contributed by atoms with E-state index in [9.17, 15) is 4.79 Å². The standard InChI is InChI=1S/C15H16N4OS/c1-10-7-15(2,19-17-10)8-12-11(9-16-18-12)6-13(20)14-4-3-5-21-14/h3-5,7,9H,6,8H2,1-2H3,(H,16,18). The van der Waals surface area contributed by atoms with Gasteiger partial charge in [-0.15, -0.1) is 11.3 Å². The van der Waals surface area contributed by atoms with Crippen molar-refractivity contribution in [3.8, 4) is 0 Å². The molecule has 0 radical (unpaired) electrons. The van der Waals surface area contributed by atoms with Crippen LogP contribution in [0.15, 0.2) is 45.7 Å². The smallest absolute Gasteiger partial charge is 0.177 e. The lowest BCUT2D eigenvalue weighted by Crippen LogP contribution is -2.21. The third-order valence-corrected chi connectivity index (χ3v) is 4.36. The first kappa shape index (κ1) is 13.9. The molecule has 0 saturated carbocycles. The Labute approximate surface area is 126 Å². The predicted molar refractivity (Wildman–Crippen MR) is 81.7 cm³/mol. The molecular formula is C15H16N4OS. The topological polar surface area (TPSA) is 70.5 Å². The molecule has 1 aliphatic heterocycles. The fourth-order valence-electron chi connectivity index (χ4n) is 2.49. The molecule has 1 atom stereocenters. The molecule has 0 amide bonds. The van der Waals surface area contributed by atoms with E-state index in [4.69, 9.17) is 0 Å². The zero-order valence-corrected chi connectivity index (χ0v) is 12.8. The fourth-order valence-corrected chi connectivity index (χ4v) is 3.15. The van der Waals surface area contributed by atoms with Gasteiger partial charge in [0.05, 0.1) is 16.8 Å². The zero-order chi connectivity index (χ0) is 14.9.